The molecule has 18 heavy (non-hydrogen) atoms. The van der Waals surface area contributed by atoms with E-state index in [1.54, 1.807) is 10.9 Å². The SMILES string of the molecule is OCCCn1cc(CNCCOCC(F)F)nn1. The average Bonchev–Trinajstić information content (AvgIpc) is 2.78. The summed E-state index contributed by atoms with van der Waals surface area (Å²) in [5, 5.41) is 19.5. The zero-order valence-corrected chi connectivity index (χ0v) is 10.1. The molecule has 0 aliphatic carbocycles. The fourth-order valence-corrected chi connectivity index (χ4v) is 1.29. The third-order valence-corrected chi connectivity index (χ3v) is 2.10. The van der Waals surface area contributed by atoms with Gasteiger partial charge in [0, 0.05) is 32.4 Å². The number of aryl methyl sites for hydroxylation is 1. The fraction of sp³-hybridized carbons (Fsp3) is 0.800. The molecular weight excluding hydrogens is 246 g/mol. The largest absolute Gasteiger partial charge is 0.396 e. The van der Waals surface area contributed by atoms with E-state index >= 15 is 0 Å². The second-order valence-electron chi connectivity index (χ2n) is 3.69. The lowest BCUT2D eigenvalue weighted by Crippen LogP contribution is -2.20. The number of rotatable bonds is 10. The second kappa shape index (κ2) is 8.90. The first-order valence-corrected chi connectivity index (χ1v) is 5.79. The number of hydrogen-bond donors (Lipinski definition) is 2. The lowest BCUT2D eigenvalue weighted by atomic mass is 10.4. The number of aliphatic hydroxyl groups is 1. The van der Waals surface area contributed by atoms with Crippen LogP contribution in [0.4, 0.5) is 8.78 Å². The Morgan fingerprint density at radius 1 is 1.50 bits per heavy atom. The summed E-state index contributed by atoms with van der Waals surface area (Å²) in [5.41, 5.74) is 0.766. The van der Waals surface area contributed by atoms with Gasteiger partial charge in [-0.3, -0.25) is 4.68 Å². The molecule has 0 aliphatic heterocycles. The highest BCUT2D eigenvalue weighted by molar-refractivity contribution is 4.91. The Labute approximate surface area is 104 Å². The molecule has 0 atom stereocenters. The third-order valence-electron chi connectivity index (χ3n) is 2.10. The Morgan fingerprint density at radius 3 is 3.06 bits per heavy atom. The van der Waals surface area contributed by atoms with E-state index in [0.29, 0.717) is 26.1 Å². The van der Waals surface area contributed by atoms with Gasteiger partial charge in [-0.15, -0.1) is 5.10 Å². The zero-order valence-electron chi connectivity index (χ0n) is 10.1. The van der Waals surface area contributed by atoms with Crippen LogP contribution in [0.5, 0.6) is 0 Å². The Hall–Kier alpha value is -1.12. The standard InChI is InChI=1S/C10H18F2N4O2/c11-10(12)8-18-5-2-13-6-9-7-16(15-14-9)3-1-4-17/h7,10,13,17H,1-6,8H2. The van der Waals surface area contributed by atoms with Crippen molar-refractivity contribution < 1.29 is 18.6 Å². The van der Waals surface area contributed by atoms with Gasteiger partial charge >= 0.3 is 0 Å². The molecule has 0 amide bonds. The Kier molecular flexibility index (Phi) is 7.38. The van der Waals surface area contributed by atoms with Crippen LogP contribution in [-0.2, 0) is 17.8 Å². The van der Waals surface area contributed by atoms with Crippen LogP contribution in [-0.4, -0.2) is 52.9 Å². The first-order valence-electron chi connectivity index (χ1n) is 5.79. The van der Waals surface area contributed by atoms with Crippen molar-refractivity contribution in [2.75, 3.05) is 26.4 Å². The molecule has 6 nitrogen and oxygen atoms in total. The van der Waals surface area contributed by atoms with Gasteiger partial charge in [0.15, 0.2) is 0 Å². The van der Waals surface area contributed by atoms with Gasteiger partial charge in [0.25, 0.3) is 6.43 Å². The van der Waals surface area contributed by atoms with Crippen molar-refractivity contribution in [3.63, 3.8) is 0 Å². The van der Waals surface area contributed by atoms with E-state index in [4.69, 9.17) is 9.84 Å². The number of nitrogens with zero attached hydrogens (tertiary/aromatic N) is 3. The molecule has 1 heterocycles. The first-order chi connectivity index (χ1) is 8.72. The van der Waals surface area contributed by atoms with Crippen LogP contribution in [0, 0.1) is 0 Å². The van der Waals surface area contributed by atoms with Crippen molar-refractivity contribution in [2.45, 2.75) is 25.9 Å². The van der Waals surface area contributed by atoms with E-state index in [0.717, 1.165) is 5.69 Å². The predicted octanol–water partition coefficient (Wildman–Crippen LogP) is 0.0318. The monoisotopic (exact) mass is 264 g/mol. The minimum atomic E-state index is -2.42. The molecule has 0 radical (unpaired) electrons. The number of hydrogen-bond acceptors (Lipinski definition) is 5. The van der Waals surface area contributed by atoms with Gasteiger partial charge in [-0.2, -0.15) is 0 Å². The van der Waals surface area contributed by atoms with Gasteiger partial charge in [-0.05, 0) is 6.42 Å². The molecule has 1 rings (SSSR count). The van der Waals surface area contributed by atoms with Crippen LogP contribution in [0.3, 0.4) is 0 Å². The van der Waals surface area contributed by atoms with Crippen LogP contribution < -0.4 is 5.32 Å². The summed E-state index contributed by atoms with van der Waals surface area (Å²) >= 11 is 0. The van der Waals surface area contributed by atoms with Crippen molar-refractivity contribution in [1.82, 2.24) is 20.3 Å². The van der Waals surface area contributed by atoms with E-state index in [-0.39, 0.29) is 13.2 Å². The zero-order chi connectivity index (χ0) is 13.2. The molecule has 0 aromatic carbocycles. The van der Waals surface area contributed by atoms with E-state index in [2.05, 4.69) is 15.6 Å². The number of aliphatic hydroxyl groups excluding tert-OH is 1. The van der Waals surface area contributed by atoms with Crippen molar-refractivity contribution in [3.8, 4) is 0 Å². The normalized spacial score (nSPS) is 11.3. The number of ether oxygens (including phenoxy) is 1. The topological polar surface area (TPSA) is 72.2 Å². The number of aromatic nitrogens is 3. The fourth-order valence-electron chi connectivity index (χ4n) is 1.29. The van der Waals surface area contributed by atoms with E-state index in [1.807, 2.05) is 0 Å². The molecule has 1 aromatic heterocycles. The quantitative estimate of drug-likeness (QED) is 0.583. The van der Waals surface area contributed by atoms with Gasteiger partial charge in [0.05, 0.1) is 12.3 Å². The van der Waals surface area contributed by atoms with Crippen LogP contribution >= 0.6 is 0 Å². The molecule has 0 aliphatic rings. The molecule has 8 heteroatoms. The summed E-state index contributed by atoms with van der Waals surface area (Å²) in [6.45, 7) is 1.45. The maximum Gasteiger partial charge on any atom is 0.261 e. The molecule has 0 bridgehead atoms. The van der Waals surface area contributed by atoms with Gasteiger partial charge in [-0.25, -0.2) is 8.78 Å². The molecular formula is C10H18F2N4O2. The molecule has 0 unspecified atom stereocenters. The number of alkyl halides is 2. The predicted molar refractivity (Wildman–Crippen MR) is 60.3 cm³/mol. The third kappa shape index (κ3) is 6.58. The van der Waals surface area contributed by atoms with Gasteiger partial charge in [-0.1, -0.05) is 5.21 Å². The average molecular weight is 264 g/mol. The van der Waals surface area contributed by atoms with Crippen molar-refractivity contribution in [3.05, 3.63) is 11.9 Å². The Balaban J connectivity index is 2.06. The van der Waals surface area contributed by atoms with Crippen molar-refractivity contribution >= 4 is 0 Å². The van der Waals surface area contributed by atoms with Gasteiger partial charge in [0.1, 0.15) is 6.61 Å². The Morgan fingerprint density at radius 2 is 2.33 bits per heavy atom. The van der Waals surface area contributed by atoms with Gasteiger partial charge < -0.3 is 15.2 Å². The van der Waals surface area contributed by atoms with E-state index in [9.17, 15) is 8.78 Å². The lowest BCUT2D eigenvalue weighted by Gasteiger charge is -2.03. The molecule has 0 spiro atoms. The van der Waals surface area contributed by atoms with Crippen LogP contribution in [0.1, 0.15) is 12.1 Å². The summed E-state index contributed by atoms with van der Waals surface area (Å²) < 4.78 is 29.8. The number of halogens is 2. The minimum absolute atomic E-state index is 0.120. The van der Waals surface area contributed by atoms with Crippen LogP contribution in [0.2, 0.25) is 0 Å². The van der Waals surface area contributed by atoms with Gasteiger partial charge in [0.2, 0.25) is 0 Å². The lowest BCUT2D eigenvalue weighted by molar-refractivity contribution is 0.0187. The highest BCUT2D eigenvalue weighted by Gasteiger charge is 2.02. The van der Waals surface area contributed by atoms with Crippen LogP contribution in [0.25, 0.3) is 0 Å². The van der Waals surface area contributed by atoms with E-state index in [1.165, 1.54) is 0 Å². The smallest absolute Gasteiger partial charge is 0.261 e. The molecule has 1 aromatic rings. The van der Waals surface area contributed by atoms with Crippen molar-refractivity contribution in [2.24, 2.45) is 0 Å². The second-order valence-corrected chi connectivity index (χ2v) is 3.69. The summed E-state index contributed by atoms with van der Waals surface area (Å²) in [5.74, 6) is 0. The maximum atomic E-state index is 11.7. The molecule has 0 saturated heterocycles. The Bertz CT molecular complexity index is 323. The number of nitrogens with one attached hydrogen (secondary N) is 1. The maximum absolute atomic E-state index is 11.7. The van der Waals surface area contributed by atoms with Crippen molar-refractivity contribution in [1.29, 1.82) is 0 Å². The molecule has 104 valence electrons. The summed E-state index contributed by atoms with van der Waals surface area (Å²) in [6, 6.07) is 0. The van der Waals surface area contributed by atoms with Crippen LogP contribution in [0.15, 0.2) is 6.20 Å². The first kappa shape index (κ1) is 14.9. The molecule has 2 N–H and O–H groups in total. The highest BCUT2D eigenvalue weighted by atomic mass is 19.3. The minimum Gasteiger partial charge on any atom is -0.396 e. The molecule has 0 saturated carbocycles. The molecule has 0 fully saturated rings. The summed E-state index contributed by atoms with van der Waals surface area (Å²) in [4.78, 5) is 0. The highest BCUT2D eigenvalue weighted by Crippen LogP contribution is 1.94. The summed E-state index contributed by atoms with van der Waals surface area (Å²) in [6.07, 6.45) is -0.00294. The summed E-state index contributed by atoms with van der Waals surface area (Å²) in [7, 11) is 0. The van der Waals surface area contributed by atoms with E-state index < -0.39 is 13.0 Å².